The summed E-state index contributed by atoms with van der Waals surface area (Å²) in [6.45, 7) is 11.4. The van der Waals surface area contributed by atoms with Crippen molar-refractivity contribution < 1.29 is 19.0 Å². The summed E-state index contributed by atoms with van der Waals surface area (Å²) in [5.41, 5.74) is 3.63. The van der Waals surface area contributed by atoms with E-state index in [-0.39, 0.29) is 44.5 Å². The quantitative estimate of drug-likeness (QED) is 0.0825. The molecule has 4 bridgehead atoms. The van der Waals surface area contributed by atoms with Crippen LogP contribution >= 0.6 is 11.3 Å². The number of anilines is 4. The van der Waals surface area contributed by atoms with Crippen molar-refractivity contribution in [3.05, 3.63) is 64.2 Å². The first-order chi connectivity index (χ1) is 26.3. The molecule has 3 aromatic heterocycles. The SMILES string of the molecule is CNCCOC12CC3(C)CC(C)(CC(CN/C(C)=C(\C#N)c4ccc(N5CCCc6c5nnc(Nc5nc7cccc(F)c7s5)c6C)nc4C(=O)O)(C3)C1)C2. The lowest BCUT2D eigenvalue weighted by molar-refractivity contribution is -0.242. The largest absolute Gasteiger partial charge is 0.476 e. The predicted octanol–water partition coefficient (Wildman–Crippen LogP) is 7.65. The van der Waals surface area contributed by atoms with Gasteiger partial charge in [-0.2, -0.15) is 5.26 Å². The Bertz CT molecular complexity index is 2250. The zero-order valence-corrected chi connectivity index (χ0v) is 32.9. The van der Waals surface area contributed by atoms with E-state index in [1.165, 1.54) is 23.8 Å². The van der Waals surface area contributed by atoms with Gasteiger partial charge in [-0.05, 0) is 113 Å². The van der Waals surface area contributed by atoms with Gasteiger partial charge < -0.3 is 30.7 Å². The Hall–Kier alpha value is -4.71. The highest BCUT2D eigenvalue weighted by Crippen LogP contribution is 2.71. The monoisotopic (exact) mass is 765 g/mol. The summed E-state index contributed by atoms with van der Waals surface area (Å²) >= 11 is 1.21. The number of likely N-dealkylation sites (N-methyl/N-ethyl adjacent to an activating group) is 1. The normalized spacial score (nSPS) is 27.1. The molecule has 4 fully saturated rings. The van der Waals surface area contributed by atoms with Gasteiger partial charge in [0.05, 0.1) is 28.0 Å². The van der Waals surface area contributed by atoms with Crippen LogP contribution in [0.15, 0.2) is 36.0 Å². The molecule has 2 atom stereocenters. The number of thiazole rings is 1. The number of aromatic carboxylic acids is 1. The van der Waals surface area contributed by atoms with Crippen molar-refractivity contribution in [1.29, 1.82) is 5.26 Å². The number of pyridine rings is 1. The average Bonchev–Trinajstić information content (AvgIpc) is 3.55. The molecule has 5 aliphatic rings. The molecular formula is C41H48FN9O3S. The Balaban J connectivity index is 1.05. The lowest BCUT2D eigenvalue weighted by Gasteiger charge is -2.69. The molecule has 12 nitrogen and oxygen atoms in total. The summed E-state index contributed by atoms with van der Waals surface area (Å²) in [7, 11) is 1.95. The van der Waals surface area contributed by atoms with Gasteiger partial charge in [0.25, 0.3) is 0 Å². The molecule has 9 rings (SSSR count). The number of nitrogens with one attached hydrogen (secondary N) is 3. The van der Waals surface area contributed by atoms with Crippen molar-refractivity contribution in [2.24, 2.45) is 16.2 Å². The van der Waals surface area contributed by atoms with Gasteiger partial charge in [-0.15, -0.1) is 10.2 Å². The Kier molecular flexibility index (Phi) is 9.33. The topological polar surface area (TPSA) is 161 Å². The van der Waals surface area contributed by atoms with E-state index in [0.29, 0.717) is 58.2 Å². The summed E-state index contributed by atoms with van der Waals surface area (Å²) in [5.74, 6) is -0.00218. The number of benzene rings is 1. The van der Waals surface area contributed by atoms with E-state index in [9.17, 15) is 19.6 Å². The molecule has 0 spiro atoms. The molecule has 4 N–H and O–H groups in total. The molecule has 4 heterocycles. The Labute approximate surface area is 324 Å². The number of rotatable bonds is 12. The van der Waals surface area contributed by atoms with E-state index in [2.05, 4.69) is 56.0 Å². The van der Waals surface area contributed by atoms with Gasteiger partial charge in [0, 0.05) is 42.0 Å². The van der Waals surface area contributed by atoms with Gasteiger partial charge in [0.15, 0.2) is 22.5 Å². The Morgan fingerprint density at radius 3 is 2.58 bits per heavy atom. The fourth-order valence-electron chi connectivity index (χ4n) is 11.3. The molecular weight excluding hydrogens is 718 g/mol. The van der Waals surface area contributed by atoms with Crippen LogP contribution in [0.5, 0.6) is 0 Å². The number of allylic oxidation sites excluding steroid dienone is 2. The van der Waals surface area contributed by atoms with Crippen LogP contribution in [0.3, 0.4) is 0 Å². The van der Waals surface area contributed by atoms with Gasteiger partial charge in [0.1, 0.15) is 17.7 Å². The van der Waals surface area contributed by atoms with E-state index >= 15 is 0 Å². The summed E-state index contributed by atoms with van der Waals surface area (Å²) in [4.78, 5) is 23.8. The van der Waals surface area contributed by atoms with Crippen molar-refractivity contribution in [2.45, 2.75) is 84.7 Å². The van der Waals surface area contributed by atoms with Crippen molar-refractivity contribution in [3.63, 3.8) is 0 Å². The van der Waals surface area contributed by atoms with Gasteiger partial charge >= 0.3 is 5.97 Å². The number of hydrogen-bond donors (Lipinski definition) is 4. The maximum Gasteiger partial charge on any atom is 0.355 e. The molecule has 0 saturated heterocycles. The minimum Gasteiger partial charge on any atom is -0.476 e. The fraction of sp³-hybridized carbons (Fsp3) is 0.512. The van der Waals surface area contributed by atoms with Crippen LogP contribution in [0.1, 0.15) is 92.9 Å². The van der Waals surface area contributed by atoms with E-state index in [1.54, 1.807) is 24.3 Å². The van der Waals surface area contributed by atoms with Crippen LogP contribution in [0.4, 0.5) is 27.0 Å². The first-order valence-corrected chi connectivity index (χ1v) is 19.9. The molecule has 4 aromatic rings. The summed E-state index contributed by atoms with van der Waals surface area (Å²) in [6.07, 6.45) is 8.07. The third kappa shape index (κ3) is 6.80. The maximum absolute atomic E-state index is 14.3. The minimum absolute atomic E-state index is 0.0139. The van der Waals surface area contributed by atoms with Crippen LogP contribution in [-0.2, 0) is 11.2 Å². The number of nitrogens with zero attached hydrogens (tertiary/aromatic N) is 6. The highest BCUT2D eigenvalue weighted by molar-refractivity contribution is 7.22. The van der Waals surface area contributed by atoms with Gasteiger partial charge in [0.2, 0.25) is 0 Å². The summed E-state index contributed by atoms with van der Waals surface area (Å²) in [5, 5.41) is 40.5. The number of nitriles is 1. The summed E-state index contributed by atoms with van der Waals surface area (Å²) < 4.78 is 21.5. The molecule has 14 heteroatoms. The Morgan fingerprint density at radius 1 is 1.09 bits per heavy atom. The highest BCUT2D eigenvalue weighted by atomic mass is 32.1. The zero-order valence-electron chi connectivity index (χ0n) is 32.1. The van der Waals surface area contributed by atoms with Crippen LogP contribution in [0.2, 0.25) is 0 Å². The number of carbonyl (C=O) groups is 1. The van der Waals surface area contributed by atoms with Crippen molar-refractivity contribution in [2.75, 3.05) is 43.5 Å². The lowest BCUT2D eigenvalue weighted by Crippen LogP contribution is -2.65. The molecule has 0 amide bonds. The standard InChI is InChI=1S/C41H48FN9O3S/c1-24-26-8-7-14-51(35(26)50-49-34(24)48-37-46-30-10-6-9-29(42)33(30)55-37)31-12-11-27(32(47-31)36(52)53)28(16-43)25(2)45-23-40-18-38(3)17-39(4,19-40)21-41(20-38,22-40)54-15-13-44-5/h6,9-12,44-45H,7-8,13-15,17-23H2,1-5H3,(H,52,53)(H,46,48,49)/b28-25+. The lowest BCUT2D eigenvalue weighted by atomic mass is 9.39. The minimum atomic E-state index is -1.22. The van der Waals surface area contributed by atoms with Crippen molar-refractivity contribution in [1.82, 2.24) is 30.8 Å². The smallest absolute Gasteiger partial charge is 0.355 e. The second kappa shape index (κ2) is 13.8. The number of fused-ring (bicyclic) bond motifs is 2. The predicted molar refractivity (Wildman–Crippen MR) is 211 cm³/mol. The molecule has 1 aromatic carbocycles. The molecule has 288 valence electrons. The van der Waals surface area contributed by atoms with E-state index in [0.717, 1.165) is 62.6 Å². The number of halogens is 1. The molecule has 4 saturated carbocycles. The molecule has 55 heavy (non-hydrogen) atoms. The van der Waals surface area contributed by atoms with Crippen molar-refractivity contribution in [3.8, 4) is 6.07 Å². The van der Waals surface area contributed by atoms with E-state index in [1.807, 2.05) is 25.8 Å². The van der Waals surface area contributed by atoms with Crippen LogP contribution in [0, 0.1) is 40.3 Å². The molecule has 0 radical (unpaired) electrons. The van der Waals surface area contributed by atoms with Crippen LogP contribution in [0.25, 0.3) is 15.8 Å². The fourth-order valence-corrected chi connectivity index (χ4v) is 12.1. The van der Waals surface area contributed by atoms with E-state index in [4.69, 9.17) is 4.74 Å². The second-order valence-corrected chi connectivity index (χ2v) is 18.1. The third-order valence-electron chi connectivity index (χ3n) is 12.2. The number of carboxylic acid groups (broad SMARTS) is 1. The third-order valence-corrected chi connectivity index (χ3v) is 13.2. The van der Waals surface area contributed by atoms with Gasteiger partial charge in [-0.25, -0.2) is 19.2 Å². The Morgan fingerprint density at radius 2 is 1.87 bits per heavy atom. The number of carboxylic acids is 1. The first-order valence-electron chi connectivity index (χ1n) is 19.1. The van der Waals surface area contributed by atoms with Crippen molar-refractivity contribution >= 4 is 55.7 Å². The second-order valence-electron chi connectivity index (χ2n) is 17.1. The number of ether oxygens (including phenoxy) is 1. The highest BCUT2D eigenvalue weighted by Gasteiger charge is 2.66. The first kappa shape index (κ1) is 37.2. The molecule has 4 aliphatic carbocycles. The maximum atomic E-state index is 14.3. The molecule has 2 unspecified atom stereocenters. The van der Waals surface area contributed by atoms with Gasteiger partial charge in [-0.1, -0.05) is 31.3 Å². The van der Waals surface area contributed by atoms with E-state index < -0.39 is 5.97 Å². The average molecular weight is 766 g/mol. The summed E-state index contributed by atoms with van der Waals surface area (Å²) in [6, 6.07) is 10.6. The molecule has 1 aliphatic heterocycles. The zero-order chi connectivity index (χ0) is 38.8. The van der Waals surface area contributed by atoms with Gasteiger partial charge in [-0.3, -0.25) is 0 Å². The van der Waals surface area contributed by atoms with Crippen LogP contribution in [-0.4, -0.2) is 70.1 Å². The van der Waals surface area contributed by atoms with Crippen LogP contribution < -0.4 is 20.9 Å². The number of aromatic nitrogens is 4. The number of hydrogen-bond acceptors (Lipinski definition) is 12.